The molecule has 0 spiro atoms. The predicted molar refractivity (Wildman–Crippen MR) is 148 cm³/mol. The summed E-state index contributed by atoms with van der Waals surface area (Å²) < 4.78 is 21.5. The lowest BCUT2D eigenvalue weighted by molar-refractivity contribution is 0.117. The lowest BCUT2D eigenvalue weighted by Gasteiger charge is -2.39. The Labute approximate surface area is 224 Å². The molecule has 0 N–H and O–H groups in total. The van der Waals surface area contributed by atoms with Crippen molar-refractivity contribution in [2.24, 2.45) is 0 Å². The zero-order valence-electron chi connectivity index (χ0n) is 22.5. The van der Waals surface area contributed by atoms with Crippen LogP contribution in [0.3, 0.4) is 0 Å². The first-order valence-corrected chi connectivity index (χ1v) is 12.6. The highest BCUT2D eigenvalue weighted by molar-refractivity contribution is 5.69. The number of aromatic nitrogens is 1. The molecule has 8 nitrogen and oxygen atoms in total. The highest BCUT2D eigenvalue weighted by Gasteiger charge is 2.28. The van der Waals surface area contributed by atoms with Gasteiger partial charge in [0.25, 0.3) is 0 Å². The summed E-state index contributed by atoms with van der Waals surface area (Å²) in [5.74, 6) is 2.55. The fourth-order valence-corrected chi connectivity index (χ4v) is 4.70. The number of carbonyl (C=O) groups excluding carboxylic acids is 1. The molecule has 0 atom stereocenters. The predicted octanol–water partition coefficient (Wildman–Crippen LogP) is 5.92. The maximum atomic E-state index is 12.4. The molecular formula is C30H35N3O5. The van der Waals surface area contributed by atoms with E-state index in [1.165, 1.54) is 0 Å². The molecule has 8 heteroatoms. The molecule has 1 aromatic heterocycles. The Bertz CT molecular complexity index is 1250. The van der Waals surface area contributed by atoms with Crippen molar-refractivity contribution in [1.82, 2.24) is 9.88 Å². The van der Waals surface area contributed by atoms with Gasteiger partial charge in [-0.2, -0.15) is 0 Å². The molecule has 38 heavy (non-hydrogen) atoms. The third-order valence-corrected chi connectivity index (χ3v) is 6.69. The van der Waals surface area contributed by atoms with Crippen molar-refractivity contribution in [2.45, 2.75) is 32.4 Å². The van der Waals surface area contributed by atoms with Gasteiger partial charge in [0.15, 0.2) is 11.5 Å². The molecule has 0 radical (unpaired) electrons. The van der Waals surface area contributed by atoms with Gasteiger partial charge in [0.2, 0.25) is 0 Å². The number of rotatable bonds is 9. The molecule has 0 aliphatic carbocycles. The van der Waals surface area contributed by atoms with E-state index in [1.807, 2.05) is 42.6 Å². The standard InChI is InChI=1S/C30H35N3O5/c1-21(2)38-30(34)32-16-13-25(14-17-32)33(24-7-9-26(35-3)10-8-24)20-22-12-15-31-27(18-22)23-6-11-28(36-4)29(19-23)37-5/h6-12,15,18-19,25H,1,13-14,16-17,20H2,2-5H3. The Hall–Kier alpha value is -4.20. The number of nitrogens with zero attached hydrogens (tertiary/aromatic N) is 3. The maximum Gasteiger partial charge on any atom is 0.414 e. The second kappa shape index (κ2) is 12.4. The zero-order chi connectivity index (χ0) is 27.1. The largest absolute Gasteiger partial charge is 0.497 e. The molecule has 0 bridgehead atoms. The first-order chi connectivity index (χ1) is 18.4. The summed E-state index contributed by atoms with van der Waals surface area (Å²) in [6, 6.07) is 18.3. The second-order valence-electron chi connectivity index (χ2n) is 9.23. The van der Waals surface area contributed by atoms with Crippen LogP contribution in [-0.2, 0) is 11.3 Å². The van der Waals surface area contributed by atoms with E-state index in [2.05, 4.69) is 34.7 Å². The van der Waals surface area contributed by atoms with Crippen LogP contribution < -0.4 is 19.1 Å². The molecule has 0 unspecified atom stereocenters. The Kier molecular flexibility index (Phi) is 8.73. The number of ether oxygens (including phenoxy) is 4. The van der Waals surface area contributed by atoms with Gasteiger partial charge in [-0.3, -0.25) is 4.98 Å². The molecule has 0 saturated carbocycles. The average molecular weight is 518 g/mol. The molecule has 1 amide bonds. The van der Waals surface area contributed by atoms with Crippen LogP contribution in [0.2, 0.25) is 0 Å². The van der Waals surface area contributed by atoms with E-state index in [1.54, 1.807) is 33.2 Å². The number of hydrogen-bond acceptors (Lipinski definition) is 7. The zero-order valence-corrected chi connectivity index (χ0v) is 22.5. The monoisotopic (exact) mass is 517 g/mol. The lowest BCUT2D eigenvalue weighted by atomic mass is 10.0. The smallest absolute Gasteiger partial charge is 0.414 e. The number of amides is 1. The molecule has 1 fully saturated rings. The van der Waals surface area contributed by atoms with E-state index in [0.717, 1.165) is 41.1 Å². The van der Waals surface area contributed by atoms with Gasteiger partial charge in [-0.05, 0) is 79.9 Å². The van der Waals surface area contributed by atoms with Crippen LogP contribution in [0, 0.1) is 0 Å². The van der Waals surface area contributed by atoms with Crippen molar-refractivity contribution in [3.8, 4) is 28.5 Å². The van der Waals surface area contributed by atoms with E-state index in [9.17, 15) is 4.79 Å². The lowest BCUT2D eigenvalue weighted by Crippen LogP contribution is -2.46. The van der Waals surface area contributed by atoms with E-state index < -0.39 is 0 Å². The summed E-state index contributed by atoms with van der Waals surface area (Å²) in [5.41, 5.74) is 4.03. The van der Waals surface area contributed by atoms with Gasteiger partial charge in [0.05, 0.1) is 32.8 Å². The topological polar surface area (TPSA) is 73.4 Å². The van der Waals surface area contributed by atoms with Crippen molar-refractivity contribution >= 4 is 11.8 Å². The first kappa shape index (κ1) is 26.9. The van der Waals surface area contributed by atoms with E-state index in [-0.39, 0.29) is 12.1 Å². The minimum Gasteiger partial charge on any atom is -0.497 e. The highest BCUT2D eigenvalue weighted by Crippen LogP contribution is 2.33. The normalized spacial score (nSPS) is 13.5. The van der Waals surface area contributed by atoms with Gasteiger partial charge in [-0.1, -0.05) is 6.58 Å². The van der Waals surface area contributed by atoms with Crippen molar-refractivity contribution < 1.29 is 23.7 Å². The van der Waals surface area contributed by atoms with Crippen LogP contribution in [0.4, 0.5) is 10.5 Å². The second-order valence-corrected chi connectivity index (χ2v) is 9.23. The Balaban J connectivity index is 1.57. The maximum absolute atomic E-state index is 12.4. The summed E-state index contributed by atoms with van der Waals surface area (Å²) in [6.07, 6.45) is 3.15. The summed E-state index contributed by atoms with van der Waals surface area (Å²) >= 11 is 0. The van der Waals surface area contributed by atoms with Crippen LogP contribution in [0.25, 0.3) is 11.3 Å². The van der Waals surface area contributed by atoms with Crippen LogP contribution in [0.15, 0.2) is 73.1 Å². The molecule has 2 aromatic carbocycles. The average Bonchev–Trinajstić information content (AvgIpc) is 2.95. The van der Waals surface area contributed by atoms with E-state index >= 15 is 0 Å². The molecule has 3 aromatic rings. The quantitative estimate of drug-likeness (QED) is 0.327. The minimum absolute atomic E-state index is 0.245. The number of carbonyl (C=O) groups is 1. The SMILES string of the molecule is C=C(C)OC(=O)N1CCC(N(Cc2ccnc(-c3ccc(OC)c(OC)c3)c2)c2ccc(OC)cc2)CC1. The number of methoxy groups -OCH3 is 3. The van der Waals surface area contributed by atoms with E-state index in [4.69, 9.17) is 18.9 Å². The number of anilines is 1. The fourth-order valence-electron chi connectivity index (χ4n) is 4.70. The third kappa shape index (κ3) is 6.37. The molecule has 2 heterocycles. The van der Waals surface area contributed by atoms with Gasteiger partial charge in [-0.15, -0.1) is 0 Å². The fraction of sp³-hybridized carbons (Fsp3) is 0.333. The van der Waals surface area contributed by atoms with Crippen LogP contribution >= 0.6 is 0 Å². The number of likely N-dealkylation sites (tertiary alicyclic amines) is 1. The highest BCUT2D eigenvalue weighted by atomic mass is 16.6. The molecule has 1 aliphatic rings. The number of allylic oxidation sites excluding steroid dienone is 1. The van der Waals surface area contributed by atoms with Crippen molar-refractivity contribution in [3.05, 3.63) is 78.7 Å². The number of hydrogen-bond donors (Lipinski definition) is 0. The van der Waals surface area contributed by atoms with Gasteiger partial charge in [0, 0.05) is 43.1 Å². The Morgan fingerprint density at radius 1 is 0.974 bits per heavy atom. The van der Waals surface area contributed by atoms with E-state index in [0.29, 0.717) is 36.9 Å². The summed E-state index contributed by atoms with van der Waals surface area (Å²) in [7, 11) is 4.92. The molecular weight excluding hydrogens is 482 g/mol. The third-order valence-electron chi connectivity index (χ3n) is 6.69. The minimum atomic E-state index is -0.333. The van der Waals surface area contributed by atoms with Crippen molar-refractivity contribution in [3.63, 3.8) is 0 Å². The number of pyridine rings is 1. The number of benzene rings is 2. The van der Waals surface area contributed by atoms with Crippen LogP contribution in [0.1, 0.15) is 25.3 Å². The van der Waals surface area contributed by atoms with Crippen molar-refractivity contribution in [2.75, 3.05) is 39.3 Å². The van der Waals surface area contributed by atoms with Crippen LogP contribution in [0.5, 0.6) is 17.2 Å². The van der Waals surface area contributed by atoms with Gasteiger partial charge < -0.3 is 28.7 Å². The van der Waals surface area contributed by atoms with Gasteiger partial charge in [-0.25, -0.2) is 4.79 Å². The molecule has 1 saturated heterocycles. The summed E-state index contributed by atoms with van der Waals surface area (Å²) in [6.45, 7) is 7.29. The van der Waals surface area contributed by atoms with Gasteiger partial charge in [0.1, 0.15) is 5.75 Å². The summed E-state index contributed by atoms with van der Waals surface area (Å²) in [5, 5.41) is 0. The Morgan fingerprint density at radius 2 is 1.68 bits per heavy atom. The first-order valence-electron chi connectivity index (χ1n) is 12.6. The van der Waals surface area contributed by atoms with Crippen LogP contribution in [-0.4, -0.2) is 56.4 Å². The van der Waals surface area contributed by atoms with Gasteiger partial charge >= 0.3 is 6.09 Å². The number of piperidine rings is 1. The summed E-state index contributed by atoms with van der Waals surface area (Å²) in [4.78, 5) is 21.1. The van der Waals surface area contributed by atoms with Crippen molar-refractivity contribution in [1.29, 1.82) is 0 Å². The molecule has 1 aliphatic heterocycles. The molecule has 4 rings (SSSR count). The Morgan fingerprint density at radius 3 is 2.32 bits per heavy atom. The molecule has 200 valence electrons.